The highest BCUT2D eigenvalue weighted by Crippen LogP contribution is 2.05. The number of ether oxygens (including phenoxy) is 1. The van der Waals surface area contributed by atoms with E-state index in [1.165, 1.54) is 0 Å². The molecular weight excluding hydrogens is 234 g/mol. The van der Waals surface area contributed by atoms with E-state index in [1.54, 1.807) is 20.8 Å². The molecule has 0 saturated carbocycles. The molecule has 0 aliphatic carbocycles. The predicted molar refractivity (Wildman–Crippen MR) is 70.5 cm³/mol. The van der Waals surface area contributed by atoms with E-state index < -0.39 is 11.7 Å². The van der Waals surface area contributed by atoms with Gasteiger partial charge in [0.05, 0.1) is 0 Å². The summed E-state index contributed by atoms with van der Waals surface area (Å²) in [6, 6.07) is -0.213. The highest BCUT2D eigenvalue weighted by atomic mass is 16.6. The third kappa shape index (κ3) is 11.0. The Hall–Kier alpha value is -1.46. The lowest BCUT2D eigenvalue weighted by Gasteiger charge is -2.19. The van der Waals surface area contributed by atoms with Crippen LogP contribution in [-0.2, 0) is 4.74 Å². The molecule has 6 nitrogen and oxygen atoms in total. The molecule has 0 fully saturated rings. The van der Waals surface area contributed by atoms with Crippen LogP contribution in [0, 0.1) is 0 Å². The van der Waals surface area contributed by atoms with Crippen molar-refractivity contribution in [2.45, 2.75) is 46.1 Å². The number of carbonyl (C=O) groups is 2. The largest absolute Gasteiger partial charge is 0.444 e. The van der Waals surface area contributed by atoms with E-state index in [-0.39, 0.29) is 6.03 Å². The number of unbranched alkanes of at least 4 members (excludes halogenated alkanes) is 1. The summed E-state index contributed by atoms with van der Waals surface area (Å²) in [6.07, 6.45) is 1.53. The maximum absolute atomic E-state index is 11.3. The zero-order valence-electron chi connectivity index (χ0n) is 11.8. The molecule has 0 aliphatic heterocycles. The molecule has 0 aromatic carbocycles. The van der Waals surface area contributed by atoms with Crippen molar-refractivity contribution in [1.82, 2.24) is 16.0 Å². The summed E-state index contributed by atoms with van der Waals surface area (Å²) in [5.41, 5.74) is -0.505. The fraction of sp³-hybridized carbons (Fsp3) is 0.833. The van der Waals surface area contributed by atoms with Crippen LogP contribution < -0.4 is 16.0 Å². The summed E-state index contributed by atoms with van der Waals surface area (Å²) >= 11 is 0. The minimum atomic E-state index is -0.505. The maximum atomic E-state index is 11.3. The molecule has 3 N–H and O–H groups in total. The van der Waals surface area contributed by atoms with Crippen LogP contribution in [0.5, 0.6) is 0 Å². The Bertz CT molecular complexity index is 262. The van der Waals surface area contributed by atoms with E-state index in [1.807, 2.05) is 0 Å². The number of amides is 3. The van der Waals surface area contributed by atoms with Gasteiger partial charge < -0.3 is 20.7 Å². The Labute approximate surface area is 109 Å². The van der Waals surface area contributed by atoms with E-state index in [0.29, 0.717) is 19.6 Å². The average molecular weight is 259 g/mol. The molecule has 106 valence electrons. The van der Waals surface area contributed by atoms with Gasteiger partial charge in [0, 0.05) is 19.6 Å². The molecule has 0 aliphatic rings. The summed E-state index contributed by atoms with van der Waals surface area (Å²) in [4.78, 5) is 22.5. The third-order valence-electron chi connectivity index (χ3n) is 1.89. The summed E-state index contributed by atoms with van der Waals surface area (Å²) in [5.74, 6) is 0. The normalized spacial score (nSPS) is 10.7. The number of rotatable bonds is 6. The Morgan fingerprint density at radius 2 is 1.56 bits per heavy atom. The molecule has 0 aromatic rings. The van der Waals surface area contributed by atoms with Gasteiger partial charge in [-0.2, -0.15) is 0 Å². The van der Waals surface area contributed by atoms with E-state index in [0.717, 1.165) is 12.8 Å². The van der Waals surface area contributed by atoms with Crippen molar-refractivity contribution in [3.05, 3.63) is 0 Å². The van der Waals surface area contributed by atoms with Gasteiger partial charge in [-0.3, -0.25) is 0 Å². The van der Waals surface area contributed by atoms with Crippen LogP contribution in [0.3, 0.4) is 0 Å². The van der Waals surface area contributed by atoms with Crippen molar-refractivity contribution in [3.63, 3.8) is 0 Å². The highest BCUT2D eigenvalue weighted by Gasteiger charge is 2.15. The van der Waals surface area contributed by atoms with E-state index in [4.69, 9.17) is 4.74 Å². The van der Waals surface area contributed by atoms with Crippen molar-refractivity contribution < 1.29 is 14.3 Å². The number of carbonyl (C=O) groups excluding carboxylic acids is 2. The third-order valence-corrected chi connectivity index (χ3v) is 1.89. The van der Waals surface area contributed by atoms with Crippen LogP contribution in [0.25, 0.3) is 0 Å². The van der Waals surface area contributed by atoms with E-state index in [9.17, 15) is 9.59 Å². The first-order chi connectivity index (χ1) is 8.35. The van der Waals surface area contributed by atoms with E-state index >= 15 is 0 Å². The number of hydrogen-bond acceptors (Lipinski definition) is 3. The summed E-state index contributed by atoms with van der Waals surface area (Å²) in [6.45, 7) is 8.84. The van der Waals surface area contributed by atoms with Crippen LogP contribution in [0.2, 0.25) is 0 Å². The van der Waals surface area contributed by atoms with Crippen LogP contribution in [-0.4, -0.2) is 37.4 Å². The van der Waals surface area contributed by atoms with Crippen molar-refractivity contribution in [2.75, 3.05) is 19.6 Å². The summed E-state index contributed by atoms with van der Waals surface area (Å²) < 4.78 is 5.05. The first-order valence-electron chi connectivity index (χ1n) is 6.33. The zero-order valence-corrected chi connectivity index (χ0v) is 11.8. The quantitative estimate of drug-likeness (QED) is 0.634. The lowest BCUT2D eigenvalue weighted by Crippen LogP contribution is -2.41. The molecule has 0 rings (SSSR count). The zero-order chi connectivity index (χ0) is 14.0. The van der Waals surface area contributed by atoms with Gasteiger partial charge in [0.25, 0.3) is 0 Å². The van der Waals surface area contributed by atoms with Gasteiger partial charge in [0.1, 0.15) is 5.60 Å². The molecule has 18 heavy (non-hydrogen) atoms. The lowest BCUT2D eigenvalue weighted by molar-refractivity contribution is 0.0528. The number of urea groups is 1. The number of hydrogen-bond donors (Lipinski definition) is 3. The molecule has 0 bridgehead atoms. The summed E-state index contributed by atoms with van der Waals surface area (Å²) in [7, 11) is 0. The van der Waals surface area contributed by atoms with Crippen LogP contribution in [0.15, 0.2) is 0 Å². The molecule has 0 radical (unpaired) electrons. The second-order valence-corrected chi connectivity index (χ2v) is 4.96. The average Bonchev–Trinajstić information content (AvgIpc) is 2.22. The second-order valence-electron chi connectivity index (χ2n) is 4.96. The van der Waals surface area contributed by atoms with Crippen LogP contribution >= 0.6 is 0 Å². The number of alkyl carbamates (subject to hydrolysis) is 1. The Morgan fingerprint density at radius 3 is 2.11 bits per heavy atom. The molecule has 0 unspecified atom stereocenters. The molecule has 0 atom stereocenters. The van der Waals surface area contributed by atoms with Crippen molar-refractivity contribution >= 4 is 12.1 Å². The van der Waals surface area contributed by atoms with Gasteiger partial charge in [-0.1, -0.05) is 13.3 Å². The minimum absolute atomic E-state index is 0.213. The van der Waals surface area contributed by atoms with Crippen molar-refractivity contribution in [2.24, 2.45) is 0 Å². The Morgan fingerprint density at radius 1 is 1.00 bits per heavy atom. The minimum Gasteiger partial charge on any atom is -0.444 e. The van der Waals surface area contributed by atoms with Gasteiger partial charge in [0.2, 0.25) is 0 Å². The molecule has 0 spiro atoms. The van der Waals surface area contributed by atoms with Crippen molar-refractivity contribution in [3.8, 4) is 0 Å². The molecule has 0 aromatic heterocycles. The Kier molecular flexibility index (Phi) is 7.91. The van der Waals surface area contributed by atoms with Gasteiger partial charge in [-0.05, 0) is 27.2 Å². The predicted octanol–water partition coefficient (Wildman–Crippen LogP) is 1.61. The smallest absolute Gasteiger partial charge is 0.407 e. The molecule has 3 amide bonds. The molecule has 6 heteroatoms. The van der Waals surface area contributed by atoms with Gasteiger partial charge in [-0.25, -0.2) is 9.59 Å². The standard InChI is InChI=1S/C12H25N3O3/c1-5-6-7-13-10(16)14-8-9-15-11(17)18-12(2,3)4/h5-9H2,1-4H3,(H,15,17)(H2,13,14,16). The van der Waals surface area contributed by atoms with Crippen LogP contribution in [0.4, 0.5) is 9.59 Å². The monoisotopic (exact) mass is 259 g/mol. The highest BCUT2D eigenvalue weighted by molar-refractivity contribution is 5.73. The molecule has 0 heterocycles. The maximum Gasteiger partial charge on any atom is 0.407 e. The SMILES string of the molecule is CCCCNC(=O)NCCNC(=O)OC(C)(C)C. The van der Waals surface area contributed by atoms with Crippen LogP contribution in [0.1, 0.15) is 40.5 Å². The topological polar surface area (TPSA) is 79.5 Å². The van der Waals surface area contributed by atoms with Gasteiger partial charge >= 0.3 is 12.1 Å². The lowest BCUT2D eigenvalue weighted by atomic mass is 10.2. The fourth-order valence-corrected chi connectivity index (χ4v) is 1.10. The molecule has 0 saturated heterocycles. The molecular formula is C12H25N3O3. The van der Waals surface area contributed by atoms with E-state index in [2.05, 4.69) is 22.9 Å². The fourth-order valence-electron chi connectivity index (χ4n) is 1.10. The number of nitrogens with one attached hydrogen (secondary N) is 3. The summed E-state index contributed by atoms with van der Waals surface area (Å²) in [5, 5.41) is 7.91. The Balaban J connectivity index is 3.50. The van der Waals surface area contributed by atoms with Crippen molar-refractivity contribution in [1.29, 1.82) is 0 Å². The second kappa shape index (κ2) is 8.60. The van der Waals surface area contributed by atoms with Gasteiger partial charge in [0.15, 0.2) is 0 Å². The van der Waals surface area contributed by atoms with Gasteiger partial charge in [-0.15, -0.1) is 0 Å². The first kappa shape index (κ1) is 16.5. The first-order valence-corrected chi connectivity index (χ1v) is 6.33.